The molecule has 0 aliphatic carbocycles. The predicted molar refractivity (Wildman–Crippen MR) is 90.5 cm³/mol. The highest BCUT2D eigenvalue weighted by atomic mass is 28.4. The summed E-state index contributed by atoms with van der Waals surface area (Å²) in [6, 6.07) is -0.218. The van der Waals surface area contributed by atoms with Crippen LogP contribution in [0.1, 0.15) is 48.0 Å². The van der Waals surface area contributed by atoms with Crippen molar-refractivity contribution in [3.05, 3.63) is 0 Å². The maximum Gasteiger partial charge on any atom is 0.410 e. The van der Waals surface area contributed by atoms with E-state index >= 15 is 0 Å². The minimum atomic E-state index is -1.88. The van der Waals surface area contributed by atoms with Gasteiger partial charge in [0.15, 0.2) is 8.32 Å². The highest BCUT2D eigenvalue weighted by Crippen LogP contribution is 2.39. The molecule has 6 heteroatoms. The number of aliphatic hydroxyl groups excluding tert-OH is 1. The fourth-order valence-corrected chi connectivity index (χ4v) is 3.63. The van der Waals surface area contributed by atoms with Crippen molar-refractivity contribution < 1.29 is 19.1 Å². The van der Waals surface area contributed by atoms with Gasteiger partial charge in [-0.2, -0.15) is 0 Å². The second-order valence-corrected chi connectivity index (χ2v) is 13.5. The van der Waals surface area contributed by atoms with E-state index in [0.717, 1.165) is 0 Å². The van der Waals surface area contributed by atoms with E-state index in [-0.39, 0.29) is 29.9 Å². The van der Waals surface area contributed by atoms with E-state index in [9.17, 15) is 9.90 Å². The molecule has 130 valence electrons. The lowest BCUT2D eigenvalue weighted by Crippen LogP contribution is -2.45. The fourth-order valence-electron chi connectivity index (χ4n) is 2.27. The second-order valence-electron chi connectivity index (χ2n) is 8.70. The molecule has 1 rings (SSSR count). The number of amides is 1. The molecule has 0 aromatic rings. The van der Waals surface area contributed by atoms with Crippen LogP contribution in [-0.2, 0) is 9.16 Å². The number of carbonyl (C=O) groups is 1. The number of hydrogen-bond acceptors (Lipinski definition) is 4. The molecule has 0 radical (unpaired) electrons. The molecule has 1 fully saturated rings. The molecule has 22 heavy (non-hydrogen) atoms. The smallest absolute Gasteiger partial charge is 0.410 e. The van der Waals surface area contributed by atoms with Crippen LogP contribution in [0.3, 0.4) is 0 Å². The van der Waals surface area contributed by atoms with E-state index in [4.69, 9.17) is 9.16 Å². The number of nitrogens with zero attached hydrogens (tertiary/aromatic N) is 1. The van der Waals surface area contributed by atoms with Crippen LogP contribution in [0, 0.1) is 0 Å². The molecular weight excluding hydrogens is 298 g/mol. The lowest BCUT2D eigenvalue weighted by Gasteiger charge is -2.38. The zero-order chi connectivity index (χ0) is 17.3. The number of rotatable bonds is 3. The number of carbonyl (C=O) groups excluding carboxylic acids is 1. The van der Waals surface area contributed by atoms with Gasteiger partial charge >= 0.3 is 6.09 Å². The summed E-state index contributed by atoms with van der Waals surface area (Å²) >= 11 is 0. The van der Waals surface area contributed by atoms with Crippen molar-refractivity contribution in [3.63, 3.8) is 0 Å². The summed E-state index contributed by atoms with van der Waals surface area (Å²) in [4.78, 5) is 13.9. The van der Waals surface area contributed by atoms with Gasteiger partial charge in [-0.1, -0.05) is 20.8 Å². The van der Waals surface area contributed by atoms with Gasteiger partial charge in [0.1, 0.15) is 5.60 Å². The van der Waals surface area contributed by atoms with Crippen molar-refractivity contribution >= 4 is 14.4 Å². The Bertz CT molecular complexity index is 398. The van der Waals surface area contributed by atoms with Crippen LogP contribution in [0.2, 0.25) is 18.1 Å². The largest absolute Gasteiger partial charge is 0.444 e. The SMILES string of the molecule is CC(C)(C)OC(=O)N1C[C@H](O[Si](C)(C)C(C)(C)C)C[C@@H]1CO. The van der Waals surface area contributed by atoms with E-state index in [2.05, 4.69) is 33.9 Å². The first kappa shape index (κ1) is 19.5. The molecule has 1 aliphatic rings. The predicted octanol–water partition coefficient (Wildman–Crippen LogP) is 3.38. The number of likely N-dealkylation sites (tertiary alicyclic amines) is 1. The molecular formula is C16H33NO4Si. The molecule has 0 bridgehead atoms. The summed E-state index contributed by atoms with van der Waals surface area (Å²) in [5.74, 6) is 0. The fraction of sp³-hybridized carbons (Fsp3) is 0.938. The van der Waals surface area contributed by atoms with Gasteiger partial charge in [-0.15, -0.1) is 0 Å². The number of aliphatic hydroxyl groups is 1. The van der Waals surface area contributed by atoms with Crippen molar-refractivity contribution in [1.82, 2.24) is 4.90 Å². The van der Waals surface area contributed by atoms with E-state index < -0.39 is 13.9 Å². The quantitative estimate of drug-likeness (QED) is 0.806. The van der Waals surface area contributed by atoms with Crippen molar-refractivity contribution in [3.8, 4) is 0 Å². The van der Waals surface area contributed by atoms with Crippen LogP contribution >= 0.6 is 0 Å². The topological polar surface area (TPSA) is 59.0 Å². The van der Waals surface area contributed by atoms with E-state index in [1.165, 1.54) is 0 Å². The molecule has 1 saturated heterocycles. The van der Waals surface area contributed by atoms with E-state index in [1.54, 1.807) is 4.90 Å². The number of hydrogen-bond donors (Lipinski definition) is 1. The standard InChI is InChI=1S/C16H33NO4Si/c1-15(2,3)20-14(19)17-10-13(9-12(17)11-18)21-22(7,8)16(4,5)6/h12-13,18H,9-11H2,1-8H3/t12-,13-/m1/s1. The van der Waals surface area contributed by atoms with E-state index in [1.807, 2.05) is 20.8 Å². The monoisotopic (exact) mass is 331 g/mol. The van der Waals surface area contributed by atoms with Gasteiger partial charge in [0.2, 0.25) is 0 Å². The van der Waals surface area contributed by atoms with Crippen LogP contribution in [0.5, 0.6) is 0 Å². The zero-order valence-electron chi connectivity index (χ0n) is 15.4. The Morgan fingerprint density at radius 2 is 1.77 bits per heavy atom. The maximum absolute atomic E-state index is 12.3. The lowest BCUT2D eigenvalue weighted by molar-refractivity contribution is 0.0164. The first-order chi connectivity index (χ1) is 9.77. The molecule has 0 aromatic carbocycles. The Balaban J connectivity index is 2.75. The van der Waals surface area contributed by atoms with Gasteiger partial charge in [-0.3, -0.25) is 0 Å². The van der Waals surface area contributed by atoms with Crippen molar-refractivity contribution in [2.24, 2.45) is 0 Å². The molecule has 2 atom stereocenters. The van der Waals surface area contributed by atoms with Gasteiger partial charge in [-0.25, -0.2) is 4.79 Å². The van der Waals surface area contributed by atoms with Gasteiger partial charge in [0, 0.05) is 6.54 Å². The Kier molecular flexibility index (Phi) is 5.74. The molecule has 1 aliphatic heterocycles. The average molecular weight is 332 g/mol. The summed E-state index contributed by atoms with van der Waals surface area (Å²) in [5, 5.41) is 9.69. The van der Waals surface area contributed by atoms with Gasteiger partial charge < -0.3 is 19.2 Å². The third-order valence-corrected chi connectivity index (χ3v) is 9.02. The third kappa shape index (κ3) is 4.96. The van der Waals surface area contributed by atoms with Crippen LogP contribution in [0.25, 0.3) is 0 Å². The minimum absolute atomic E-state index is 0.0226. The lowest BCUT2D eigenvalue weighted by atomic mass is 10.2. The van der Waals surface area contributed by atoms with Crippen LogP contribution in [-0.4, -0.2) is 55.3 Å². The molecule has 1 N–H and O–H groups in total. The average Bonchev–Trinajstić information content (AvgIpc) is 2.67. The first-order valence-electron chi connectivity index (χ1n) is 8.05. The zero-order valence-corrected chi connectivity index (χ0v) is 16.4. The van der Waals surface area contributed by atoms with Crippen molar-refractivity contribution in [2.45, 2.75) is 83.8 Å². The Morgan fingerprint density at radius 1 is 1.23 bits per heavy atom. The third-order valence-electron chi connectivity index (χ3n) is 4.48. The van der Waals surface area contributed by atoms with Gasteiger partial charge in [-0.05, 0) is 45.3 Å². The maximum atomic E-state index is 12.3. The Labute approximate surface area is 136 Å². The highest BCUT2D eigenvalue weighted by molar-refractivity contribution is 6.74. The van der Waals surface area contributed by atoms with Crippen molar-refractivity contribution in [1.29, 1.82) is 0 Å². The van der Waals surface area contributed by atoms with Crippen LogP contribution < -0.4 is 0 Å². The molecule has 0 unspecified atom stereocenters. The minimum Gasteiger partial charge on any atom is -0.444 e. The molecule has 1 amide bonds. The van der Waals surface area contributed by atoms with Crippen molar-refractivity contribution in [2.75, 3.05) is 13.2 Å². The Hall–Kier alpha value is -0.593. The van der Waals surface area contributed by atoms with Gasteiger partial charge in [0.25, 0.3) is 0 Å². The summed E-state index contributed by atoms with van der Waals surface area (Å²) in [6.07, 6.45) is 0.279. The summed E-state index contributed by atoms with van der Waals surface area (Å²) < 4.78 is 11.8. The van der Waals surface area contributed by atoms with Crippen LogP contribution in [0.4, 0.5) is 4.79 Å². The van der Waals surface area contributed by atoms with Crippen LogP contribution in [0.15, 0.2) is 0 Å². The molecule has 0 saturated carbocycles. The first-order valence-corrected chi connectivity index (χ1v) is 11.0. The highest BCUT2D eigenvalue weighted by Gasteiger charge is 2.44. The Morgan fingerprint density at radius 3 is 2.18 bits per heavy atom. The summed E-state index contributed by atoms with van der Waals surface area (Å²) in [6.45, 7) is 17.0. The summed E-state index contributed by atoms with van der Waals surface area (Å²) in [5.41, 5.74) is -0.532. The van der Waals surface area contributed by atoms with E-state index in [0.29, 0.717) is 13.0 Å². The number of ether oxygens (including phenoxy) is 1. The second kappa shape index (κ2) is 6.49. The van der Waals surface area contributed by atoms with Gasteiger partial charge in [0.05, 0.1) is 18.8 Å². The molecule has 0 spiro atoms. The normalized spacial score (nSPS) is 23.8. The molecule has 0 aromatic heterocycles. The molecule has 5 nitrogen and oxygen atoms in total. The molecule has 1 heterocycles. The summed E-state index contributed by atoms with van der Waals surface area (Å²) in [7, 11) is -1.88.